The van der Waals surface area contributed by atoms with E-state index in [1.54, 1.807) is 0 Å². The maximum Gasteiger partial charge on any atom is 1.00 e. The third kappa shape index (κ3) is 7.72. The molecule has 1 aliphatic carbocycles. The van der Waals surface area contributed by atoms with Crippen LogP contribution < -0.4 is 5.11 Å². The fraction of sp³-hybridized carbons (Fsp3) is 0.658. The van der Waals surface area contributed by atoms with Crippen molar-refractivity contribution in [2.24, 2.45) is 35.5 Å². The fourth-order valence-corrected chi connectivity index (χ4v) is 8.03. The zero-order valence-electron chi connectivity index (χ0n) is 30.0. The number of hydrogen-bond donors (Lipinski definition) is 3. The van der Waals surface area contributed by atoms with Crippen molar-refractivity contribution in [1.82, 2.24) is 0 Å². The molecule has 276 valence electrons. The number of hydrogen-bond acceptors (Lipinski definition) is 6. The number of esters is 1. The van der Waals surface area contributed by atoms with Crippen LogP contribution in [0, 0.1) is 35.5 Å². The zero-order chi connectivity index (χ0) is 35.0. The number of ether oxygens (including phenoxy) is 1. The van der Waals surface area contributed by atoms with E-state index in [4.69, 9.17) is 36.6 Å². The molecule has 10 nitrogen and oxygen atoms in total. The molecule has 49 heavy (non-hydrogen) atoms. The van der Waals surface area contributed by atoms with Crippen LogP contribution in [0.5, 0.6) is 0 Å². The summed E-state index contributed by atoms with van der Waals surface area (Å²) in [6, 6.07) is 5.52. The number of aliphatic hydroxyl groups is 3. The molecule has 11 heteroatoms. The van der Waals surface area contributed by atoms with Crippen LogP contribution in [0.15, 0.2) is 34.8 Å². The molecule has 10 atom stereocenters. The minimum atomic E-state index is -1.53. The Kier molecular flexibility index (Phi) is 13.0. The molecule has 6 aliphatic rings. The van der Waals surface area contributed by atoms with E-state index in [2.05, 4.69) is 72.3 Å². The Morgan fingerprint density at radius 1 is 0.816 bits per heavy atom. The van der Waals surface area contributed by atoms with Crippen molar-refractivity contribution < 1.29 is 47.0 Å². The molecule has 5 heterocycles. The Morgan fingerprint density at radius 3 is 1.61 bits per heavy atom. The van der Waals surface area contributed by atoms with Crippen molar-refractivity contribution in [2.75, 3.05) is 32.8 Å². The van der Waals surface area contributed by atoms with Crippen LogP contribution in [0.25, 0.3) is 32.4 Å². The van der Waals surface area contributed by atoms with Crippen LogP contribution in [-0.4, -0.2) is 78.4 Å². The predicted molar refractivity (Wildman–Crippen MR) is 189 cm³/mol. The standard InChI is InChI=1S/C16H28N2.C16H18N2.C6H7O6.Cu/c2*1-9-7-17-15-13(11(9)3)5-6-14-12(4)10(2)8-18-16(14)15;7-1-2(8)5-3(9)4(10)6(11)12-5;/h9-16H,5-8H2,1-4H3;5-6H,7-8H2,1-4H3;2,5,8-10H,1H2;/q2*-2;-1;+1. The number of rotatable bonds is 2. The second-order valence-electron chi connectivity index (χ2n) is 14.9. The number of fused-ring (bicyclic) bond motifs is 6. The second kappa shape index (κ2) is 16.2. The molecule has 3 fully saturated rings. The summed E-state index contributed by atoms with van der Waals surface area (Å²) < 4.78 is 4.28. The first-order valence-electron chi connectivity index (χ1n) is 17.5. The van der Waals surface area contributed by atoms with Crippen molar-refractivity contribution >= 4 is 28.5 Å². The minimum Gasteiger partial charge on any atom is -0.853 e. The Bertz CT molecular complexity index is 1390. The smallest absolute Gasteiger partial charge is 0.853 e. The van der Waals surface area contributed by atoms with Crippen LogP contribution in [0.2, 0.25) is 0 Å². The molecule has 10 unspecified atom stereocenters. The average Bonchev–Trinajstić information content (AvgIpc) is 3.34. The van der Waals surface area contributed by atoms with E-state index in [-0.39, 0.29) is 17.1 Å². The van der Waals surface area contributed by atoms with Gasteiger partial charge in [-0.3, -0.25) is 0 Å². The molecule has 7 rings (SSSR count). The SMILES string of the molecule is CC1=C(C)c2ccc3c(c2[N-]C1)[N-]CC(C)=C3C.CC1C[N-]C2C(CCC3C(C)C(C)C[N-]C32)C1C.O=C1OC(C(O)C[O-])C(O)=C1O.[Cu+]. The van der Waals surface area contributed by atoms with Gasteiger partial charge in [0.2, 0.25) is 5.76 Å². The summed E-state index contributed by atoms with van der Waals surface area (Å²) in [5.41, 5.74) is 10.2. The molecular formula is C38H53CuN4O6-4. The van der Waals surface area contributed by atoms with Gasteiger partial charge in [-0.2, -0.15) is 0 Å². The van der Waals surface area contributed by atoms with Gasteiger partial charge in [0.05, 0.1) is 6.10 Å². The number of cyclic esters (lactones) is 1. The third-order valence-corrected chi connectivity index (χ3v) is 12.1. The second-order valence-corrected chi connectivity index (χ2v) is 14.9. The number of nitrogens with zero attached hydrogens (tertiary/aromatic N) is 4. The maximum atomic E-state index is 10.5. The molecule has 2 saturated heterocycles. The van der Waals surface area contributed by atoms with Crippen LogP contribution in [0.1, 0.15) is 79.4 Å². The van der Waals surface area contributed by atoms with Gasteiger partial charge in [-0.1, -0.05) is 87.5 Å². The van der Waals surface area contributed by atoms with E-state index < -0.39 is 36.3 Å². The predicted octanol–water partition coefficient (Wildman–Crippen LogP) is 7.34. The largest absolute Gasteiger partial charge is 1.00 e. The van der Waals surface area contributed by atoms with Gasteiger partial charge in [0, 0.05) is 0 Å². The van der Waals surface area contributed by atoms with Gasteiger partial charge in [-0.25, -0.2) is 4.79 Å². The van der Waals surface area contributed by atoms with Crippen LogP contribution >= 0.6 is 0 Å². The molecule has 0 bridgehead atoms. The van der Waals surface area contributed by atoms with Crippen molar-refractivity contribution in [1.29, 1.82) is 0 Å². The maximum absolute atomic E-state index is 10.5. The first-order chi connectivity index (χ1) is 22.8. The van der Waals surface area contributed by atoms with E-state index in [9.17, 15) is 9.90 Å². The van der Waals surface area contributed by atoms with Crippen LogP contribution in [-0.2, 0) is 26.6 Å². The van der Waals surface area contributed by atoms with Crippen molar-refractivity contribution in [3.8, 4) is 0 Å². The molecule has 0 aromatic heterocycles. The topological polar surface area (TPSA) is 166 Å². The molecule has 3 N–H and O–H groups in total. The molecule has 1 aromatic rings. The molecule has 0 amide bonds. The number of piperidine rings is 2. The van der Waals surface area contributed by atoms with Gasteiger partial charge in [0.15, 0.2) is 11.9 Å². The van der Waals surface area contributed by atoms with E-state index >= 15 is 0 Å². The number of allylic oxidation sites excluding steroid dienone is 2. The summed E-state index contributed by atoms with van der Waals surface area (Å²) in [7, 11) is 0. The Balaban J connectivity index is 0.000000168. The van der Waals surface area contributed by atoms with E-state index in [1.165, 1.54) is 46.3 Å². The molecular weight excluding hydrogens is 672 g/mol. The summed E-state index contributed by atoms with van der Waals surface area (Å²) in [5, 5.41) is 56.1. The Morgan fingerprint density at radius 2 is 1.24 bits per heavy atom. The average molecular weight is 725 g/mol. The van der Waals surface area contributed by atoms with E-state index in [0.717, 1.165) is 73.1 Å². The molecule has 0 spiro atoms. The molecule has 5 aliphatic heterocycles. The van der Waals surface area contributed by atoms with Crippen molar-refractivity contribution in [3.63, 3.8) is 0 Å². The van der Waals surface area contributed by atoms with Gasteiger partial charge in [-0.05, 0) is 61.8 Å². The molecule has 0 radical (unpaired) electrons. The van der Waals surface area contributed by atoms with Crippen LogP contribution in [0.3, 0.4) is 0 Å². The number of carbonyl (C=O) groups is 1. The van der Waals surface area contributed by atoms with Gasteiger partial charge < -0.3 is 46.4 Å². The van der Waals surface area contributed by atoms with Crippen molar-refractivity contribution in [2.45, 2.75) is 92.5 Å². The first-order valence-corrected chi connectivity index (χ1v) is 17.5. The van der Waals surface area contributed by atoms with Crippen LogP contribution in [0.4, 0.5) is 11.4 Å². The normalized spacial score (nSPS) is 33.8. The summed E-state index contributed by atoms with van der Waals surface area (Å²) in [6.07, 6.45) is -0.158. The summed E-state index contributed by atoms with van der Waals surface area (Å²) >= 11 is 0. The Hall–Kier alpha value is -2.53. The summed E-state index contributed by atoms with van der Waals surface area (Å²) in [5.74, 6) is 2.02. The quantitative estimate of drug-likeness (QED) is 0.213. The van der Waals surface area contributed by atoms with Gasteiger partial charge in [-0.15, -0.1) is 56.2 Å². The zero-order valence-corrected chi connectivity index (χ0v) is 31.0. The van der Waals surface area contributed by atoms with E-state index in [1.807, 2.05) is 0 Å². The van der Waals surface area contributed by atoms with Gasteiger partial charge in [0.25, 0.3) is 0 Å². The Labute approximate surface area is 302 Å². The first kappa shape index (κ1) is 39.3. The number of benzene rings is 1. The molecule has 1 aromatic carbocycles. The fourth-order valence-electron chi connectivity index (χ4n) is 8.03. The van der Waals surface area contributed by atoms with Gasteiger partial charge in [0.1, 0.15) is 0 Å². The molecule has 1 saturated carbocycles. The van der Waals surface area contributed by atoms with Crippen molar-refractivity contribution in [3.05, 3.63) is 67.2 Å². The third-order valence-electron chi connectivity index (χ3n) is 12.1. The summed E-state index contributed by atoms with van der Waals surface area (Å²) in [6.45, 7) is 21.2. The van der Waals surface area contributed by atoms with Gasteiger partial charge >= 0.3 is 23.0 Å². The summed E-state index contributed by atoms with van der Waals surface area (Å²) in [4.78, 5) is 10.5. The minimum absolute atomic E-state index is 0. The number of aliphatic hydroxyl groups excluding tert-OH is 3. The van der Waals surface area contributed by atoms with E-state index in [0.29, 0.717) is 12.1 Å². The monoisotopic (exact) mass is 724 g/mol. The number of carbonyl (C=O) groups excluding carboxylic acids is 1.